The van der Waals surface area contributed by atoms with Gasteiger partial charge in [0.1, 0.15) is 5.82 Å². The highest BCUT2D eigenvalue weighted by Crippen LogP contribution is 2.24. The van der Waals surface area contributed by atoms with Crippen molar-refractivity contribution in [2.24, 2.45) is 0 Å². The minimum absolute atomic E-state index is 0.225. The maximum atomic E-state index is 13.9. The van der Waals surface area contributed by atoms with Crippen molar-refractivity contribution in [1.82, 2.24) is 15.3 Å². The van der Waals surface area contributed by atoms with E-state index in [-0.39, 0.29) is 17.6 Å². The van der Waals surface area contributed by atoms with E-state index >= 15 is 0 Å². The number of hydrogen-bond acceptors (Lipinski definition) is 4. The number of nitrogens with zero attached hydrogens (tertiary/aromatic N) is 2. The van der Waals surface area contributed by atoms with Crippen LogP contribution in [0.4, 0.5) is 4.39 Å². The zero-order valence-electron chi connectivity index (χ0n) is 11.6. The molecule has 0 aliphatic carbocycles. The summed E-state index contributed by atoms with van der Waals surface area (Å²) in [6, 6.07) is 6.44. The lowest BCUT2D eigenvalue weighted by Crippen LogP contribution is -2.25. The van der Waals surface area contributed by atoms with Gasteiger partial charge in [0.15, 0.2) is 11.6 Å². The minimum Gasteiger partial charge on any atom is -0.494 e. The van der Waals surface area contributed by atoms with Crippen LogP contribution in [-0.2, 0) is 0 Å². The number of rotatable bonds is 6. The van der Waals surface area contributed by atoms with Gasteiger partial charge in [-0.1, -0.05) is 13.0 Å². The van der Waals surface area contributed by atoms with Crippen molar-refractivity contribution in [3.63, 3.8) is 0 Å². The molecule has 1 heterocycles. The molecule has 5 heteroatoms. The van der Waals surface area contributed by atoms with Crippen LogP contribution in [0.25, 0.3) is 0 Å². The Morgan fingerprint density at radius 2 is 2.05 bits per heavy atom. The number of benzene rings is 1. The first kappa shape index (κ1) is 14.4. The van der Waals surface area contributed by atoms with E-state index in [1.807, 2.05) is 6.07 Å². The lowest BCUT2D eigenvalue weighted by Gasteiger charge is -2.18. The van der Waals surface area contributed by atoms with Crippen LogP contribution in [0.1, 0.15) is 30.8 Å². The lowest BCUT2D eigenvalue weighted by atomic mass is 10.1. The normalized spacial score (nSPS) is 12.2. The topological polar surface area (TPSA) is 47.0 Å². The van der Waals surface area contributed by atoms with Crippen molar-refractivity contribution >= 4 is 0 Å². The molecule has 0 bridgehead atoms. The largest absolute Gasteiger partial charge is 0.494 e. The fourth-order valence-electron chi connectivity index (χ4n) is 1.97. The molecule has 0 saturated heterocycles. The van der Waals surface area contributed by atoms with Crippen LogP contribution in [0, 0.1) is 5.82 Å². The predicted molar refractivity (Wildman–Crippen MR) is 75.1 cm³/mol. The summed E-state index contributed by atoms with van der Waals surface area (Å²) in [5, 5.41) is 3.33. The molecule has 0 fully saturated rings. The molecule has 4 nitrogen and oxygen atoms in total. The van der Waals surface area contributed by atoms with Gasteiger partial charge in [0.2, 0.25) is 0 Å². The van der Waals surface area contributed by atoms with Gasteiger partial charge < -0.3 is 10.1 Å². The van der Waals surface area contributed by atoms with Gasteiger partial charge in [0, 0.05) is 12.4 Å². The third-order valence-electron chi connectivity index (χ3n) is 2.95. The zero-order valence-corrected chi connectivity index (χ0v) is 11.6. The van der Waals surface area contributed by atoms with E-state index in [0.29, 0.717) is 5.82 Å². The molecule has 20 heavy (non-hydrogen) atoms. The first-order chi connectivity index (χ1) is 9.76. The summed E-state index contributed by atoms with van der Waals surface area (Å²) in [7, 11) is 1.45. The van der Waals surface area contributed by atoms with Gasteiger partial charge >= 0.3 is 0 Å². The molecule has 1 aromatic carbocycles. The Labute approximate surface area is 118 Å². The summed E-state index contributed by atoms with van der Waals surface area (Å²) < 4.78 is 18.8. The fraction of sp³-hybridized carbons (Fsp3) is 0.333. The molecule has 1 N–H and O–H groups in total. The Kier molecular flexibility index (Phi) is 5.01. The van der Waals surface area contributed by atoms with Crippen molar-refractivity contribution in [2.45, 2.75) is 19.4 Å². The molecule has 1 atom stereocenters. The fourth-order valence-corrected chi connectivity index (χ4v) is 1.97. The van der Waals surface area contributed by atoms with E-state index in [2.05, 4.69) is 22.2 Å². The van der Waals surface area contributed by atoms with Gasteiger partial charge in [-0.05, 0) is 36.7 Å². The number of nitrogens with one attached hydrogen (secondary N) is 1. The molecule has 2 aromatic rings. The number of halogens is 1. The smallest absolute Gasteiger partial charge is 0.165 e. The molecule has 0 amide bonds. The van der Waals surface area contributed by atoms with Gasteiger partial charge in [-0.3, -0.25) is 0 Å². The summed E-state index contributed by atoms with van der Waals surface area (Å²) in [6.07, 6.45) is 4.34. The highest BCUT2D eigenvalue weighted by Gasteiger charge is 2.17. The maximum absolute atomic E-state index is 13.9. The Bertz CT molecular complexity index is 548. The van der Waals surface area contributed by atoms with E-state index in [1.54, 1.807) is 24.5 Å². The van der Waals surface area contributed by atoms with Gasteiger partial charge in [-0.2, -0.15) is 0 Å². The molecule has 0 radical (unpaired) electrons. The second kappa shape index (κ2) is 6.96. The van der Waals surface area contributed by atoms with Crippen molar-refractivity contribution in [2.75, 3.05) is 13.7 Å². The van der Waals surface area contributed by atoms with Crippen molar-refractivity contribution in [3.8, 4) is 5.75 Å². The van der Waals surface area contributed by atoms with Crippen molar-refractivity contribution in [3.05, 3.63) is 53.9 Å². The first-order valence-electron chi connectivity index (χ1n) is 6.60. The minimum atomic E-state index is -0.385. The van der Waals surface area contributed by atoms with Crippen molar-refractivity contribution < 1.29 is 9.13 Å². The van der Waals surface area contributed by atoms with Crippen LogP contribution < -0.4 is 10.1 Å². The molecular weight excluding hydrogens is 257 g/mol. The molecule has 2 rings (SSSR count). The van der Waals surface area contributed by atoms with E-state index in [1.165, 1.54) is 13.2 Å². The third kappa shape index (κ3) is 3.30. The van der Waals surface area contributed by atoms with E-state index in [9.17, 15) is 4.39 Å². The lowest BCUT2D eigenvalue weighted by molar-refractivity contribution is 0.385. The summed E-state index contributed by atoms with van der Waals surface area (Å²) >= 11 is 0. The molecule has 1 unspecified atom stereocenters. The number of ether oxygens (including phenoxy) is 1. The van der Waals surface area contributed by atoms with E-state index in [4.69, 9.17) is 4.74 Å². The SMILES string of the molecule is CCCNC(c1ccc(OC)c(F)c1)c1ncccn1. The number of aromatic nitrogens is 2. The number of methoxy groups -OCH3 is 1. The summed E-state index contributed by atoms with van der Waals surface area (Å²) in [6.45, 7) is 2.88. The molecular formula is C15H18FN3O. The molecule has 106 valence electrons. The van der Waals surface area contributed by atoms with Crippen LogP contribution in [0.2, 0.25) is 0 Å². The number of hydrogen-bond donors (Lipinski definition) is 1. The Morgan fingerprint density at radius 1 is 1.30 bits per heavy atom. The molecule has 1 aromatic heterocycles. The van der Waals surface area contributed by atoms with Gasteiger partial charge in [0.05, 0.1) is 13.2 Å². The monoisotopic (exact) mass is 275 g/mol. The van der Waals surface area contributed by atoms with E-state index in [0.717, 1.165) is 18.5 Å². The highest BCUT2D eigenvalue weighted by atomic mass is 19.1. The average Bonchev–Trinajstić information content (AvgIpc) is 2.49. The predicted octanol–water partition coefficient (Wildman–Crippen LogP) is 2.71. The summed E-state index contributed by atoms with van der Waals surface area (Å²) in [5.74, 6) is 0.478. The Balaban J connectivity index is 2.33. The quantitative estimate of drug-likeness (QED) is 0.880. The molecule has 0 spiro atoms. The molecule has 0 aliphatic rings. The third-order valence-corrected chi connectivity index (χ3v) is 2.95. The van der Waals surface area contributed by atoms with Crippen LogP contribution in [0.15, 0.2) is 36.7 Å². The van der Waals surface area contributed by atoms with Crippen LogP contribution >= 0.6 is 0 Å². The van der Waals surface area contributed by atoms with Crippen LogP contribution in [0.5, 0.6) is 5.75 Å². The van der Waals surface area contributed by atoms with Crippen LogP contribution in [0.3, 0.4) is 0 Å². The van der Waals surface area contributed by atoms with Gasteiger partial charge in [-0.25, -0.2) is 14.4 Å². The maximum Gasteiger partial charge on any atom is 0.165 e. The first-order valence-corrected chi connectivity index (χ1v) is 6.60. The molecule has 0 aliphatic heterocycles. The highest BCUT2D eigenvalue weighted by molar-refractivity contribution is 5.33. The van der Waals surface area contributed by atoms with Crippen LogP contribution in [-0.4, -0.2) is 23.6 Å². The summed E-state index contributed by atoms with van der Waals surface area (Å²) in [5.41, 5.74) is 0.781. The standard InChI is InChI=1S/C15H18FN3O/c1-3-7-17-14(15-18-8-4-9-19-15)11-5-6-13(20-2)12(16)10-11/h4-6,8-10,14,17H,3,7H2,1-2H3. The Morgan fingerprint density at radius 3 is 2.65 bits per heavy atom. The second-order valence-electron chi connectivity index (χ2n) is 4.39. The summed E-state index contributed by atoms with van der Waals surface area (Å²) in [4.78, 5) is 8.51. The zero-order chi connectivity index (χ0) is 14.4. The van der Waals surface area contributed by atoms with Gasteiger partial charge in [0.25, 0.3) is 0 Å². The van der Waals surface area contributed by atoms with Crippen molar-refractivity contribution in [1.29, 1.82) is 0 Å². The second-order valence-corrected chi connectivity index (χ2v) is 4.39. The Hall–Kier alpha value is -2.01. The van der Waals surface area contributed by atoms with Gasteiger partial charge in [-0.15, -0.1) is 0 Å². The van der Waals surface area contributed by atoms with E-state index < -0.39 is 0 Å². The molecule has 0 saturated carbocycles. The average molecular weight is 275 g/mol.